The number of aliphatic hydroxyl groups is 4. The first kappa shape index (κ1) is 41.4. The third kappa shape index (κ3) is 13.2. The molecule has 3 aliphatic rings. The van der Waals surface area contributed by atoms with Gasteiger partial charge < -0.3 is 44.4 Å². The Bertz CT molecular complexity index is 1100. The number of hydrogen-bond acceptors (Lipinski definition) is 11. The molecule has 1 amide bonds. The van der Waals surface area contributed by atoms with E-state index in [9.17, 15) is 30.0 Å². The minimum atomic E-state index is -1.48. The minimum Gasteiger partial charge on any atom is -0.461 e. The Labute approximate surface area is 294 Å². The molecule has 0 aliphatic carbocycles. The Morgan fingerprint density at radius 1 is 1.20 bits per heavy atom. The standard InChI is InChI=1S/C37H65N3O9/c1-9-29(42)27(4)34-30(47-34)24-36(5,45)15-10-11-25(2)33-26(3)12-13-31(37(6,46)16-14-28(41)23-32(43)49-33)48-35(44)40-21-19-39(20-22-40)18-17-38(7)8/h10,12-13,15,25-31,33-34,41-42,45-46H,9,11,14,16-24H2,1-8H3/b13-12+,15-10+. The molecule has 2 fully saturated rings. The van der Waals surface area contributed by atoms with Crippen LogP contribution in [0.2, 0.25) is 0 Å². The van der Waals surface area contributed by atoms with E-state index >= 15 is 0 Å². The molecule has 11 atom stereocenters. The molecule has 12 heteroatoms. The first-order valence-corrected chi connectivity index (χ1v) is 18.3. The van der Waals surface area contributed by atoms with E-state index in [0.717, 1.165) is 26.2 Å². The fraction of sp³-hybridized carbons (Fsp3) is 0.838. The molecule has 0 spiro atoms. The second-order valence-electron chi connectivity index (χ2n) is 15.5. The van der Waals surface area contributed by atoms with Gasteiger partial charge in [0.05, 0.1) is 36.4 Å². The molecular weight excluding hydrogens is 630 g/mol. The number of carbonyl (C=O) groups excluding carboxylic acids is 2. The van der Waals surface area contributed by atoms with E-state index in [0.29, 0.717) is 32.4 Å². The van der Waals surface area contributed by atoms with Crippen LogP contribution in [-0.4, -0.2) is 148 Å². The number of aliphatic hydroxyl groups excluding tert-OH is 2. The first-order chi connectivity index (χ1) is 22.9. The summed E-state index contributed by atoms with van der Waals surface area (Å²) in [5, 5.41) is 43.3. The summed E-state index contributed by atoms with van der Waals surface area (Å²) in [5.41, 5.74) is -2.59. The highest BCUT2D eigenvalue weighted by Crippen LogP contribution is 2.38. The fourth-order valence-corrected chi connectivity index (χ4v) is 6.80. The lowest BCUT2D eigenvalue weighted by Gasteiger charge is -2.37. The van der Waals surface area contributed by atoms with E-state index < -0.39 is 47.7 Å². The predicted octanol–water partition coefficient (Wildman–Crippen LogP) is 2.97. The van der Waals surface area contributed by atoms with Crippen LogP contribution < -0.4 is 0 Å². The normalized spacial score (nSPS) is 34.3. The molecule has 0 aromatic heterocycles. The quantitative estimate of drug-likeness (QED) is 0.128. The summed E-state index contributed by atoms with van der Waals surface area (Å²) < 4.78 is 17.6. The van der Waals surface area contributed by atoms with Gasteiger partial charge in [-0.2, -0.15) is 0 Å². The second-order valence-corrected chi connectivity index (χ2v) is 15.5. The van der Waals surface area contributed by atoms with Crippen LogP contribution in [0.3, 0.4) is 0 Å². The number of nitrogens with zero attached hydrogens (tertiary/aromatic N) is 3. The Balaban J connectivity index is 1.66. The van der Waals surface area contributed by atoms with Gasteiger partial charge >= 0.3 is 12.1 Å². The van der Waals surface area contributed by atoms with Gasteiger partial charge in [0.25, 0.3) is 0 Å². The molecule has 0 aromatic rings. The highest BCUT2D eigenvalue weighted by atomic mass is 16.6. The largest absolute Gasteiger partial charge is 0.461 e. The van der Waals surface area contributed by atoms with Crippen LogP contribution >= 0.6 is 0 Å². The molecule has 3 aliphatic heterocycles. The maximum absolute atomic E-state index is 13.3. The lowest BCUT2D eigenvalue weighted by atomic mass is 9.86. The van der Waals surface area contributed by atoms with Crippen LogP contribution in [0, 0.1) is 17.8 Å². The summed E-state index contributed by atoms with van der Waals surface area (Å²) in [4.78, 5) is 32.3. The summed E-state index contributed by atoms with van der Waals surface area (Å²) in [6.07, 6.45) is 5.06. The lowest BCUT2D eigenvalue weighted by Crippen LogP contribution is -2.52. The van der Waals surface area contributed by atoms with Crippen molar-refractivity contribution >= 4 is 12.1 Å². The van der Waals surface area contributed by atoms with Gasteiger partial charge in [-0.05, 0) is 65.6 Å². The van der Waals surface area contributed by atoms with Crippen LogP contribution in [0.25, 0.3) is 0 Å². The number of esters is 1. The van der Waals surface area contributed by atoms with Crippen LogP contribution in [-0.2, 0) is 19.0 Å². The second kappa shape index (κ2) is 18.4. The number of rotatable bonds is 13. The number of ether oxygens (including phenoxy) is 3. The third-order valence-electron chi connectivity index (χ3n) is 10.4. The number of carbonyl (C=O) groups is 2. The maximum atomic E-state index is 13.3. The average Bonchev–Trinajstić information content (AvgIpc) is 3.80. The predicted molar refractivity (Wildman–Crippen MR) is 188 cm³/mol. The minimum absolute atomic E-state index is 0.000704. The lowest BCUT2D eigenvalue weighted by molar-refractivity contribution is -0.156. The van der Waals surface area contributed by atoms with Gasteiger partial charge in [0.2, 0.25) is 0 Å². The van der Waals surface area contributed by atoms with Gasteiger partial charge in [-0.3, -0.25) is 9.69 Å². The SMILES string of the molecule is CCC(O)C(C)C1OC1CC(C)(O)/C=C/CC(C)C1OC(=O)CC(O)CCC(C)(O)C(OC(=O)N2CCN(CCN(C)C)CC2)/C=C/C1C. The van der Waals surface area contributed by atoms with E-state index in [1.807, 2.05) is 53.9 Å². The Hall–Kier alpha value is -2.06. The molecule has 49 heavy (non-hydrogen) atoms. The number of piperazine rings is 1. The van der Waals surface area contributed by atoms with Crippen molar-refractivity contribution in [3.63, 3.8) is 0 Å². The first-order valence-electron chi connectivity index (χ1n) is 18.3. The molecule has 3 rings (SSSR count). The van der Waals surface area contributed by atoms with Gasteiger partial charge in [-0.25, -0.2) is 4.79 Å². The van der Waals surface area contributed by atoms with Crippen molar-refractivity contribution in [3.8, 4) is 0 Å². The van der Waals surface area contributed by atoms with Crippen molar-refractivity contribution in [2.24, 2.45) is 17.8 Å². The Morgan fingerprint density at radius 3 is 2.51 bits per heavy atom. The van der Waals surface area contributed by atoms with E-state index in [4.69, 9.17) is 14.2 Å². The van der Waals surface area contributed by atoms with Crippen LogP contribution in [0.5, 0.6) is 0 Å². The number of epoxide rings is 1. The van der Waals surface area contributed by atoms with Gasteiger partial charge in [-0.1, -0.05) is 45.9 Å². The van der Waals surface area contributed by atoms with Crippen molar-refractivity contribution in [1.82, 2.24) is 14.7 Å². The zero-order chi connectivity index (χ0) is 36.5. The number of allylic oxidation sites excluding steroid dienone is 1. The van der Waals surface area contributed by atoms with Crippen molar-refractivity contribution in [3.05, 3.63) is 24.3 Å². The molecule has 0 bridgehead atoms. The van der Waals surface area contributed by atoms with Crippen molar-refractivity contribution in [2.45, 2.75) is 128 Å². The smallest absolute Gasteiger partial charge is 0.410 e. The molecule has 12 nitrogen and oxygen atoms in total. The number of cyclic esters (lactones) is 1. The zero-order valence-corrected chi connectivity index (χ0v) is 31.2. The third-order valence-corrected chi connectivity index (χ3v) is 10.4. The van der Waals surface area contributed by atoms with Crippen molar-refractivity contribution in [1.29, 1.82) is 0 Å². The van der Waals surface area contributed by atoms with E-state index in [2.05, 4.69) is 9.80 Å². The van der Waals surface area contributed by atoms with Gasteiger partial charge in [-0.15, -0.1) is 0 Å². The van der Waals surface area contributed by atoms with Gasteiger partial charge in [0.15, 0.2) is 6.10 Å². The molecule has 4 N–H and O–H groups in total. The number of likely N-dealkylation sites (N-methyl/N-ethyl adjacent to an activating group) is 1. The molecular formula is C37H65N3O9. The Kier molecular flexibility index (Phi) is 15.6. The summed E-state index contributed by atoms with van der Waals surface area (Å²) in [6, 6.07) is 0. The van der Waals surface area contributed by atoms with Crippen LogP contribution in [0.15, 0.2) is 24.3 Å². The Morgan fingerprint density at radius 2 is 1.88 bits per heavy atom. The van der Waals surface area contributed by atoms with Crippen LogP contribution in [0.4, 0.5) is 4.79 Å². The molecule has 3 heterocycles. The van der Waals surface area contributed by atoms with E-state index in [-0.39, 0.29) is 49.2 Å². The number of hydrogen-bond donors (Lipinski definition) is 4. The average molecular weight is 696 g/mol. The van der Waals surface area contributed by atoms with Crippen LogP contribution in [0.1, 0.15) is 80.1 Å². The van der Waals surface area contributed by atoms with Crippen molar-refractivity contribution < 1.29 is 44.2 Å². The number of amides is 1. The molecule has 0 radical (unpaired) electrons. The zero-order valence-electron chi connectivity index (χ0n) is 31.2. The van der Waals surface area contributed by atoms with E-state index in [1.165, 1.54) is 0 Å². The monoisotopic (exact) mass is 695 g/mol. The van der Waals surface area contributed by atoms with E-state index in [1.54, 1.807) is 30.9 Å². The molecule has 0 aromatic carbocycles. The summed E-state index contributed by atoms with van der Waals surface area (Å²) in [6.45, 7) is 15.5. The maximum Gasteiger partial charge on any atom is 0.410 e. The summed E-state index contributed by atoms with van der Waals surface area (Å²) in [5.74, 6) is -0.993. The van der Waals surface area contributed by atoms with Crippen molar-refractivity contribution in [2.75, 3.05) is 53.4 Å². The topological polar surface area (TPSA) is 156 Å². The highest BCUT2D eigenvalue weighted by molar-refractivity contribution is 5.70. The molecule has 2 saturated heterocycles. The molecule has 282 valence electrons. The summed E-state index contributed by atoms with van der Waals surface area (Å²) in [7, 11) is 4.07. The van der Waals surface area contributed by atoms with Gasteiger partial charge in [0, 0.05) is 57.5 Å². The fourth-order valence-electron chi connectivity index (χ4n) is 6.80. The highest BCUT2D eigenvalue weighted by Gasteiger charge is 2.47. The molecule has 0 saturated carbocycles. The summed E-state index contributed by atoms with van der Waals surface area (Å²) >= 11 is 0. The van der Waals surface area contributed by atoms with Gasteiger partial charge in [0.1, 0.15) is 11.7 Å². The molecule has 11 unspecified atom stereocenters.